The zero-order valence-electron chi connectivity index (χ0n) is 11.8. The molecule has 22 heavy (non-hydrogen) atoms. The summed E-state index contributed by atoms with van der Waals surface area (Å²) in [4.78, 5) is 25.6. The summed E-state index contributed by atoms with van der Waals surface area (Å²) in [7, 11) is 0. The van der Waals surface area contributed by atoms with Crippen LogP contribution in [-0.2, 0) is 6.42 Å². The van der Waals surface area contributed by atoms with E-state index < -0.39 is 6.04 Å². The maximum absolute atomic E-state index is 6.36. The van der Waals surface area contributed by atoms with Gasteiger partial charge in [-0.25, -0.2) is 29.9 Å². The molecular formula is C15H15N7. The second-order valence-corrected chi connectivity index (χ2v) is 4.72. The molecule has 3 aromatic rings. The maximum Gasteiger partial charge on any atom is 0.145 e. The molecule has 0 aliphatic carbocycles. The summed E-state index contributed by atoms with van der Waals surface area (Å²) in [6.45, 7) is 0. The Kier molecular flexibility index (Phi) is 4.35. The summed E-state index contributed by atoms with van der Waals surface area (Å²) < 4.78 is 0. The van der Waals surface area contributed by atoms with Crippen LogP contribution < -0.4 is 5.73 Å². The van der Waals surface area contributed by atoms with Gasteiger partial charge in [-0.3, -0.25) is 0 Å². The monoisotopic (exact) mass is 293 g/mol. The molecule has 0 fully saturated rings. The van der Waals surface area contributed by atoms with Crippen molar-refractivity contribution in [3.63, 3.8) is 0 Å². The van der Waals surface area contributed by atoms with E-state index in [1.807, 2.05) is 0 Å². The Morgan fingerprint density at radius 2 is 1.14 bits per heavy atom. The molecule has 0 spiro atoms. The zero-order valence-corrected chi connectivity index (χ0v) is 11.8. The van der Waals surface area contributed by atoms with Crippen LogP contribution in [0.15, 0.2) is 55.4 Å². The maximum atomic E-state index is 6.36. The Morgan fingerprint density at radius 1 is 0.682 bits per heavy atom. The molecule has 3 heterocycles. The van der Waals surface area contributed by atoms with Gasteiger partial charge in [-0.2, -0.15) is 0 Å². The Morgan fingerprint density at radius 3 is 1.68 bits per heavy atom. The van der Waals surface area contributed by atoms with Crippen molar-refractivity contribution in [3.05, 3.63) is 72.9 Å². The van der Waals surface area contributed by atoms with Crippen molar-refractivity contribution in [2.24, 2.45) is 5.73 Å². The highest BCUT2D eigenvalue weighted by Crippen LogP contribution is 2.27. The molecule has 110 valence electrons. The standard InChI is InChI=1S/C15H15N7/c16-13(15-21-8-3-9-22-15)11(14-19-6-2-7-20-14)10-12-17-4-1-5-18-12/h1-9,11,13H,10,16H2. The van der Waals surface area contributed by atoms with Gasteiger partial charge in [-0.1, -0.05) is 0 Å². The molecular weight excluding hydrogens is 278 g/mol. The minimum Gasteiger partial charge on any atom is -0.321 e. The quantitative estimate of drug-likeness (QED) is 0.750. The van der Waals surface area contributed by atoms with Crippen molar-refractivity contribution in [1.29, 1.82) is 0 Å². The smallest absolute Gasteiger partial charge is 0.145 e. The molecule has 0 saturated heterocycles. The van der Waals surface area contributed by atoms with Crippen molar-refractivity contribution in [2.45, 2.75) is 18.4 Å². The summed E-state index contributed by atoms with van der Waals surface area (Å²) in [6, 6.07) is 4.86. The van der Waals surface area contributed by atoms with Crippen molar-refractivity contribution in [2.75, 3.05) is 0 Å². The lowest BCUT2D eigenvalue weighted by molar-refractivity contribution is 0.492. The third-order valence-corrected chi connectivity index (χ3v) is 3.26. The van der Waals surface area contributed by atoms with Crippen LogP contribution in [0, 0.1) is 0 Å². The van der Waals surface area contributed by atoms with Crippen LogP contribution in [0.4, 0.5) is 0 Å². The fraction of sp³-hybridized carbons (Fsp3) is 0.200. The van der Waals surface area contributed by atoms with Gasteiger partial charge < -0.3 is 5.73 Å². The molecule has 7 nitrogen and oxygen atoms in total. The predicted molar refractivity (Wildman–Crippen MR) is 79.5 cm³/mol. The Bertz CT molecular complexity index is 691. The van der Waals surface area contributed by atoms with Crippen molar-refractivity contribution < 1.29 is 0 Å². The fourth-order valence-electron chi connectivity index (χ4n) is 2.18. The Balaban J connectivity index is 1.93. The minimum absolute atomic E-state index is 0.203. The number of nitrogens with two attached hydrogens (primary N) is 1. The number of aromatic nitrogens is 6. The average Bonchev–Trinajstić information content (AvgIpc) is 2.61. The van der Waals surface area contributed by atoms with Gasteiger partial charge in [-0.15, -0.1) is 0 Å². The minimum atomic E-state index is -0.438. The summed E-state index contributed by atoms with van der Waals surface area (Å²) in [5.74, 6) is 1.67. The molecule has 2 atom stereocenters. The van der Waals surface area contributed by atoms with Crippen LogP contribution in [0.1, 0.15) is 29.4 Å². The molecule has 2 N–H and O–H groups in total. The van der Waals surface area contributed by atoms with Gasteiger partial charge >= 0.3 is 0 Å². The first-order valence-electron chi connectivity index (χ1n) is 6.90. The van der Waals surface area contributed by atoms with Crippen molar-refractivity contribution >= 4 is 0 Å². The Labute approximate surface area is 127 Å². The van der Waals surface area contributed by atoms with Gasteiger partial charge in [0.1, 0.15) is 17.5 Å². The molecule has 7 heteroatoms. The topological polar surface area (TPSA) is 103 Å². The molecule has 3 aromatic heterocycles. The van der Waals surface area contributed by atoms with Crippen LogP contribution >= 0.6 is 0 Å². The molecule has 0 saturated carbocycles. The average molecular weight is 293 g/mol. The summed E-state index contributed by atoms with van der Waals surface area (Å²) in [6.07, 6.45) is 10.7. The molecule has 0 aliphatic rings. The van der Waals surface area contributed by atoms with E-state index in [9.17, 15) is 0 Å². The molecule has 3 rings (SSSR count). The summed E-state index contributed by atoms with van der Waals surface area (Å²) in [5, 5.41) is 0. The Hall–Kier alpha value is -2.80. The number of hydrogen-bond acceptors (Lipinski definition) is 7. The second-order valence-electron chi connectivity index (χ2n) is 4.72. The first-order valence-corrected chi connectivity index (χ1v) is 6.90. The third-order valence-electron chi connectivity index (χ3n) is 3.26. The van der Waals surface area contributed by atoms with E-state index >= 15 is 0 Å². The van der Waals surface area contributed by atoms with Crippen molar-refractivity contribution in [3.8, 4) is 0 Å². The van der Waals surface area contributed by atoms with E-state index in [0.717, 1.165) is 0 Å². The van der Waals surface area contributed by atoms with Crippen LogP contribution in [0.3, 0.4) is 0 Å². The molecule has 0 radical (unpaired) electrons. The highest BCUT2D eigenvalue weighted by molar-refractivity contribution is 5.11. The SMILES string of the molecule is NC(c1ncccn1)C(Cc1ncccn1)c1ncccn1. The largest absolute Gasteiger partial charge is 0.321 e. The molecule has 0 aliphatic heterocycles. The van der Waals surface area contributed by atoms with E-state index in [-0.39, 0.29) is 5.92 Å². The fourth-order valence-corrected chi connectivity index (χ4v) is 2.18. The third kappa shape index (κ3) is 3.26. The van der Waals surface area contributed by atoms with Gasteiger partial charge in [0, 0.05) is 49.5 Å². The molecule has 2 unspecified atom stereocenters. The van der Waals surface area contributed by atoms with E-state index in [1.54, 1.807) is 55.4 Å². The highest BCUT2D eigenvalue weighted by atomic mass is 15.0. The van der Waals surface area contributed by atoms with E-state index in [2.05, 4.69) is 29.9 Å². The first-order chi connectivity index (χ1) is 10.8. The second kappa shape index (κ2) is 6.77. The predicted octanol–water partition coefficient (Wildman–Crippen LogP) is 1.08. The highest BCUT2D eigenvalue weighted by Gasteiger charge is 2.27. The van der Waals surface area contributed by atoms with Gasteiger partial charge in [0.05, 0.1) is 6.04 Å². The summed E-state index contributed by atoms with van der Waals surface area (Å²) in [5.41, 5.74) is 6.36. The van der Waals surface area contributed by atoms with Crippen LogP contribution in [0.25, 0.3) is 0 Å². The van der Waals surface area contributed by atoms with Crippen LogP contribution in [0.5, 0.6) is 0 Å². The lowest BCUT2D eigenvalue weighted by Gasteiger charge is -2.20. The van der Waals surface area contributed by atoms with Gasteiger partial charge in [-0.05, 0) is 18.2 Å². The molecule has 0 bridgehead atoms. The zero-order chi connectivity index (χ0) is 15.2. The van der Waals surface area contributed by atoms with E-state index in [1.165, 1.54) is 0 Å². The number of hydrogen-bond donors (Lipinski definition) is 1. The molecule has 0 aromatic carbocycles. The number of nitrogens with zero attached hydrogens (tertiary/aromatic N) is 6. The van der Waals surface area contributed by atoms with Crippen molar-refractivity contribution in [1.82, 2.24) is 29.9 Å². The molecule has 0 amide bonds. The normalized spacial score (nSPS) is 13.5. The lowest BCUT2D eigenvalue weighted by atomic mass is 9.94. The van der Waals surface area contributed by atoms with Crippen LogP contribution in [-0.4, -0.2) is 29.9 Å². The van der Waals surface area contributed by atoms with E-state index in [0.29, 0.717) is 23.9 Å². The van der Waals surface area contributed by atoms with Gasteiger partial charge in [0.2, 0.25) is 0 Å². The van der Waals surface area contributed by atoms with Gasteiger partial charge in [0.15, 0.2) is 0 Å². The van der Waals surface area contributed by atoms with E-state index in [4.69, 9.17) is 5.73 Å². The lowest BCUT2D eigenvalue weighted by Crippen LogP contribution is -2.26. The first kappa shape index (κ1) is 14.2. The van der Waals surface area contributed by atoms with Crippen LogP contribution in [0.2, 0.25) is 0 Å². The summed E-state index contributed by atoms with van der Waals surface area (Å²) >= 11 is 0. The number of rotatable bonds is 5. The van der Waals surface area contributed by atoms with Gasteiger partial charge in [0.25, 0.3) is 0 Å².